The molecule has 0 heterocycles. The Morgan fingerprint density at radius 2 is 2.00 bits per heavy atom. The normalized spacial score (nSPS) is 18.8. The predicted molar refractivity (Wildman–Crippen MR) is 45.7 cm³/mol. The zero-order valence-corrected chi connectivity index (χ0v) is 7.74. The third kappa shape index (κ3) is 2.79. The molecule has 4 N–H and O–H groups in total. The molecule has 12 heavy (non-hydrogen) atoms. The Hall–Kier alpha value is -0.610. The molecule has 0 aromatic carbocycles. The zero-order chi connectivity index (χ0) is 9.94. The average molecular weight is 175 g/mol. The third-order valence-electron chi connectivity index (χ3n) is 1.88. The van der Waals surface area contributed by atoms with E-state index in [4.69, 9.17) is 10.8 Å². The summed E-state index contributed by atoms with van der Waals surface area (Å²) in [5, 5.41) is 18.0. The van der Waals surface area contributed by atoms with Crippen molar-refractivity contribution in [3.8, 4) is 0 Å². The molecule has 1 unspecified atom stereocenters. The average Bonchev–Trinajstić information content (AvgIpc) is 1.85. The second kappa shape index (κ2) is 3.87. The highest BCUT2D eigenvalue weighted by Crippen LogP contribution is 2.15. The van der Waals surface area contributed by atoms with Crippen molar-refractivity contribution in [1.29, 1.82) is 0 Å². The van der Waals surface area contributed by atoms with Crippen LogP contribution in [-0.4, -0.2) is 27.8 Å². The van der Waals surface area contributed by atoms with Crippen molar-refractivity contribution in [2.75, 3.05) is 0 Å². The molecular weight excluding hydrogens is 158 g/mol. The van der Waals surface area contributed by atoms with Gasteiger partial charge in [0.2, 0.25) is 0 Å². The largest absolute Gasteiger partial charge is 0.479 e. The summed E-state index contributed by atoms with van der Waals surface area (Å²) < 4.78 is 0. The standard InChI is InChI=1S/C8H17NO3/c1-5(2)4-6(9)8(3,12)7(10)11/h5-6,12H,4,9H2,1-3H3,(H,10,11)/t6-,8?/m0/s1. The lowest BCUT2D eigenvalue weighted by atomic mass is 9.90. The van der Waals surface area contributed by atoms with Crippen molar-refractivity contribution < 1.29 is 15.0 Å². The zero-order valence-electron chi connectivity index (χ0n) is 7.74. The summed E-state index contributed by atoms with van der Waals surface area (Å²) in [6.07, 6.45) is 0.499. The Balaban J connectivity index is 4.25. The van der Waals surface area contributed by atoms with Crippen LogP contribution in [0.2, 0.25) is 0 Å². The fraction of sp³-hybridized carbons (Fsp3) is 0.875. The van der Waals surface area contributed by atoms with Gasteiger partial charge < -0.3 is 15.9 Å². The molecule has 4 heteroatoms. The Morgan fingerprint density at radius 1 is 1.58 bits per heavy atom. The van der Waals surface area contributed by atoms with E-state index in [-0.39, 0.29) is 5.92 Å². The molecule has 0 radical (unpaired) electrons. The van der Waals surface area contributed by atoms with Gasteiger partial charge in [-0.05, 0) is 19.3 Å². The van der Waals surface area contributed by atoms with Crippen molar-refractivity contribution >= 4 is 5.97 Å². The van der Waals surface area contributed by atoms with Crippen molar-refractivity contribution in [1.82, 2.24) is 0 Å². The molecule has 0 saturated heterocycles. The lowest BCUT2D eigenvalue weighted by molar-refractivity contribution is -0.159. The van der Waals surface area contributed by atoms with Crippen LogP contribution in [0.4, 0.5) is 0 Å². The van der Waals surface area contributed by atoms with E-state index in [2.05, 4.69) is 0 Å². The van der Waals surface area contributed by atoms with Gasteiger partial charge in [0.1, 0.15) is 0 Å². The van der Waals surface area contributed by atoms with E-state index in [9.17, 15) is 9.90 Å². The first-order valence-electron chi connectivity index (χ1n) is 3.99. The number of rotatable bonds is 4. The summed E-state index contributed by atoms with van der Waals surface area (Å²) in [5.74, 6) is -0.985. The van der Waals surface area contributed by atoms with Gasteiger partial charge in [-0.3, -0.25) is 0 Å². The van der Waals surface area contributed by atoms with Gasteiger partial charge in [0.25, 0.3) is 0 Å². The van der Waals surface area contributed by atoms with Gasteiger partial charge in [0.05, 0.1) is 0 Å². The molecule has 0 aromatic rings. The minimum absolute atomic E-state index is 0.283. The van der Waals surface area contributed by atoms with Crippen molar-refractivity contribution in [3.63, 3.8) is 0 Å². The third-order valence-corrected chi connectivity index (χ3v) is 1.88. The summed E-state index contributed by atoms with van der Waals surface area (Å²) >= 11 is 0. The molecule has 72 valence electrons. The van der Waals surface area contributed by atoms with Crippen LogP contribution in [0.15, 0.2) is 0 Å². The fourth-order valence-electron chi connectivity index (χ4n) is 0.896. The Labute approximate surface area is 72.4 Å². The van der Waals surface area contributed by atoms with Gasteiger partial charge in [-0.2, -0.15) is 0 Å². The highest BCUT2D eigenvalue weighted by molar-refractivity contribution is 5.77. The highest BCUT2D eigenvalue weighted by atomic mass is 16.4. The molecule has 0 aliphatic rings. The molecule has 0 aromatic heterocycles. The minimum Gasteiger partial charge on any atom is -0.479 e. The van der Waals surface area contributed by atoms with Crippen LogP contribution in [-0.2, 0) is 4.79 Å². The summed E-state index contributed by atoms with van der Waals surface area (Å²) in [6.45, 7) is 5.08. The summed E-state index contributed by atoms with van der Waals surface area (Å²) in [5.41, 5.74) is 3.71. The van der Waals surface area contributed by atoms with Gasteiger partial charge >= 0.3 is 5.97 Å². The van der Waals surface area contributed by atoms with E-state index < -0.39 is 17.6 Å². The SMILES string of the molecule is CC(C)C[C@H](N)C(C)(O)C(=O)O. The van der Waals surface area contributed by atoms with Crippen LogP contribution in [0.25, 0.3) is 0 Å². The maximum atomic E-state index is 10.5. The molecule has 0 spiro atoms. The monoisotopic (exact) mass is 175 g/mol. The second-order valence-corrected chi connectivity index (χ2v) is 3.69. The number of nitrogens with two attached hydrogens (primary N) is 1. The number of hydrogen-bond acceptors (Lipinski definition) is 3. The fourth-order valence-corrected chi connectivity index (χ4v) is 0.896. The second-order valence-electron chi connectivity index (χ2n) is 3.69. The van der Waals surface area contributed by atoms with E-state index in [0.717, 1.165) is 0 Å². The van der Waals surface area contributed by atoms with Crippen LogP contribution in [0.3, 0.4) is 0 Å². The number of aliphatic hydroxyl groups is 1. The topological polar surface area (TPSA) is 83.5 Å². The molecular formula is C8H17NO3. The van der Waals surface area contributed by atoms with Gasteiger partial charge in [-0.25, -0.2) is 4.79 Å². The molecule has 0 aliphatic carbocycles. The minimum atomic E-state index is -1.82. The number of carboxylic acids is 1. The van der Waals surface area contributed by atoms with E-state index in [1.807, 2.05) is 13.8 Å². The van der Waals surface area contributed by atoms with Gasteiger partial charge in [0.15, 0.2) is 5.60 Å². The molecule has 0 fully saturated rings. The van der Waals surface area contributed by atoms with Crippen molar-refractivity contribution in [2.24, 2.45) is 11.7 Å². The van der Waals surface area contributed by atoms with E-state index >= 15 is 0 Å². The molecule has 0 saturated carbocycles. The predicted octanol–water partition coefficient (Wildman–Crippen LogP) is 0.195. The van der Waals surface area contributed by atoms with Crippen LogP contribution in [0, 0.1) is 5.92 Å². The Morgan fingerprint density at radius 3 is 2.25 bits per heavy atom. The molecule has 0 amide bonds. The number of carbonyl (C=O) groups is 1. The number of aliphatic carboxylic acids is 1. The van der Waals surface area contributed by atoms with Crippen molar-refractivity contribution in [2.45, 2.75) is 38.8 Å². The Kier molecular flexibility index (Phi) is 3.67. The van der Waals surface area contributed by atoms with Crippen LogP contribution in [0.1, 0.15) is 27.2 Å². The first-order valence-corrected chi connectivity index (χ1v) is 3.99. The molecule has 4 nitrogen and oxygen atoms in total. The van der Waals surface area contributed by atoms with E-state index in [1.54, 1.807) is 0 Å². The molecule has 2 atom stereocenters. The first-order chi connectivity index (χ1) is 5.28. The maximum absolute atomic E-state index is 10.5. The summed E-state index contributed by atoms with van der Waals surface area (Å²) in [6, 6.07) is -0.713. The van der Waals surface area contributed by atoms with Crippen LogP contribution < -0.4 is 5.73 Å². The molecule has 0 bridgehead atoms. The summed E-state index contributed by atoms with van der Waals surface area (Å²) in [4.78, 5) is 10.5. The maximum Gasteiger partial charge on any atom is 0.337 e. The van der Waals surface area contributed by atoms with Gasteiger partial charge in [-0.15, -0.1) is 0 Å². The molecule has 0 rings (SSSR count). The van der Waals surface area contributed by atoms with E-state index in [0.29, 0.717) is 6.42 Å². The van der Waals surface area contributed by atoms with Crippen LogP contribution in [0.5, 0.6) is 0 Å². The Bertz CT molecular complexity index is 166. The summed E-state index contributed by atoms with van der Waals surface area (Å²) in [7, 11) is 0. The van der Waals surface area contributed by atoms with Crippen molar-refractivity contribution in [3.05, 3.63) is 0 Å². The highest BCUT2D eigenvalue weighted by Gasteiger charge is 2.37. The van der Waals surface area contributed by atoms with Crippen LogP contribution >= 0.6 is 0 Å². The first kappa shape index (κ1) is 11.4. The molecule has 0 aliphatic heterocycles. The number of hydrogen-bond donors (Lipinski definition) is 3. The quantitative estimate of drug-likeness (QED) is 0.569. The number of carboxylic acid groups (broad SMARTS) is 1. The lowest BCUT2D eigenvalue weighted by Gasteiger charge is -2.26. The smallest absolute Gasteiger partial charge is 0.337 e. The van der Waals surface area contributed by atoms with Gasteiger partial charge in [0, 0.05) is 6.04 Å². The van der Waals surface area contributed by atoms with Gasteiger partial charge in [-0.1, -0.05) is 13.8 Å². The lowest BCUT2D eigenvalue weighted by Crippen LogP contribution is -2.52. The van der Waals surface area contributed by atoms with E-state index in [1.165, 1.54) is 6.92 Å².